The van der Waals surface area contributed by atoms with Gasteiger partial charge in [-0.25, -0.2) is 4.98 Å². The van der Waals surface area contributed by atoms with Crippen molar-refractivity contribution in [2.45, 2.75) is 26.2 Å². The molecule has 6 heteroatoms. The predicted molar refractivity (Wildman–Crippen MR) is 77.6 cm³/mol. The molecular formula is C13H20BrN3O2. The Bertz CT molecular complexity index is 397. The molecule has 0 aromatic carbocycles. The number of anilines is 1. The Morgan fingerprint density at radius 2 is 2.26 bits per heavy atom. The van der Waals surface area contributed by atoms with Crippen molar-refractivity contribution in [2.75, 3.05) is 31.7 Å². The van der Waals surface area contributed by atoms with Crippen molar-refractivity contribution in [1.82, 2.24) is 9.97 Å². The average Bonchev–Trinajstić information content (AvgIpc) is 2.46. The van der Waals surface area contributed by atoms with Crippen molar-refractivity contribution in [3.8, 4) is 5.88 Å². The summed E-state index contributed by atoms with van der Waals surface area (Å²) in [6.45, 7) is 5.33. The second-order valence-corrected chi connectivity index (χ2v) is 5.49. The summed E-state index contributed by atoms with van der Waals surface area (Å²) < 4.78 is 11.9. The van der Waals surface area contributed by atoms with E-state index in [1.165, 1.54) is 0 Å². The molecule has 1 N–H and O–H groups in total. The van der Waals surface area contributed by atoms with E-state index in [0.717, 1.165) is 43.5 Å². The number of nitrogens with zero attached hydrogens (tertiary/aromatic N) is 2. The zero-order valence-electron chi connectivity index (χ0n) is 11.2. The molecule has 0 bridgehead atoms. The standard InChI is InChI=1S/C13H20BrN3O2/c1-2-5-15-13-16-8-11(14)12(17-13)19-9-10-3-6-18-7-4-10/h8,10H,2-7,9H2,1H3,(H,15,16,17). The highest BCUT2D eigenvalue weighted by molar-refractivity contribution is 9.10. The van der Waals surface area contributed by atoms with E-state index in [1.54, 1.807) is 6.20 Å². The first kappa shape index (κ1) is 14.5. The first-order valence-corrected chi connectivity index (χ1v) is 7.56. The maximum Gasteiger partial charge on any atom is 0.232 e. The first-order valence-electron chi connectivity index (χ1n) is 6.76. The highest BCUT2D eigenvalue weighted by Crippen LogP contribution is 2.24. The van der Waals surface area contributed by atoms with E-state index in [4.69, 9.17) is 9.47 Å². The second-order valence-electron chi connectivity index (χ2n) is 4.64. The van der Waals surface area contributed by atoms with Gasteiger partial charge < -0.3 is 14.8 Å². The van der Waals surface area contributed by atoms with Crippen molar-refractivity contribution in [1.29, 1.82) is 0 Å². The van der Waals surface area contributed by atoms with Gasteiger partial charge >= 0.3 is 0 Å². The van der Waals surface area contributed by atoms with Crippen LogP contribution in [0.5, 0.6) is 5.88 Å². The third kappa shape index (κ3) is 4.62. The molecule has 1 aliphatic heterocycles. The first-order chi connectivity index (χ1) is 9.29. The molecular weight excluding hydrogens is 310 g/mol. The highest BCUT2D eigenvalue weighted by Gasteiger charge is 2.15. The van der Waals surface area contributed by atoms with E-state index in [2.05, 4.69) is 38.1 Å². The van der Waals surface area contributed by atoms with Crippen LogP contribution < -0.4 is 10.1 Å². The van der Waals surface area contributed by atoms with E-state index in [9.17, 15) is 0 Å². The van der Waals surface area contributed by atoms with Gasteiger partial charge in [0.1, 0.15) is 0 Å². The molecule has 1 aromatic rings. The minimum atomic E-state index is 0.558. The van der Waals surface area contributed by atoms with Gasteiger partial charge in [-0.15, -0.1) is 0 Å². The lowest BCUT2D eigenvalue weighted by Gasteiger charge is -2.22. The molecule has 2 rings (SSSR count). The van der Waals surface area contributed by atoms with Crippen molar-refractivity contribution < 1.29 is 9.47 Å². The summed E-state index contributed by atoms with van der Waals surface area (Å²) in [4.78, 5) is 8.57. The summed E-state index contributed by atoms with van der Waals surface area (Å²) in [6, 6.07) is 0. The molecule has 0 spiro atoms. The second kappa shape index (κ2) is 7.65. The minimum Gasteiger partial charge on any atom is -0.476 e. The monoisotopic (exact) mass is 329 g/mol. The fourth-order valence-electron chi connectivity index (χ4n) is 1.88. The molecule has 0 radical (unpaired) electrons. The number of hydrogen-bond acceptors (Lipinski definition) is 5. The van der Waals surface area contributed by atoms with Crippen LogP contribution in [0, 0.1) is 5.92 Å². The molecule has 0 atom stereocenters. The zero-order chi connectivity index (χ0) is 13.5. The molecule has 1 saturated heterocycles. The quantitative estimate of drug-likeness (QED) is 0.869. The van der Waals surface area contributed by atoms with E-state index in [1.807, 2.05) is 0 Å². The Morgan fingerprint density at radius 3 is 3.00 bits per heavy atom. The Balaban J connectivity index is 1.90. The van der Waals surface area contributed by atoms with E-state index in [-0.39, 0.29) is 0 Å². The molecule has 0 aliphatic carbocycles. The molecule has 1 fully saturated rings. The number of hydrogen-bond donors (Lipinski definition) is 1. The van der Waals surface area contributed by atoms with E-state index >= 15 is 0 Å². The number of aromatic nitrogens is 2. The van der Waals surface area contributed by atoms with Gasteiger partial charge in [0, 0.05) is 19.8 Å². The summed E-state index contributed by atoms with van der Waals surface area (Å²) in [7, 11) is 0. The molecule has 0 unspecified atom stereocenters. The summed E-state index contributed by atoms with van der Waals surface area (Å²) in [5.74, 6) is 1.79. The Morgan fingerprint density at radius 1 is 1.47 bits per heavy atom. The molecule has 0 amide bonds. The lowest BCUT2D eigenvalue weighted by molar-refractivity contribution is 0.0489. The Kier molecular flexibility index (Phi) is 5.85. The van der Waals surface area contributed by atoms with Crippen LogP contribution in [0.4, 0.5) is 5.95 Å². The average molecular weight is 330 g/mol. The largest absolute Gasteiger partial charge is 0.476 e. The fourth-order valence-corrected chi connectivity index (χ4v) is 2.19. The van der Waals surface area contributed by atoms with Gasteiger partial charge in [0.25, 0.3) is 0 Å². The fraction of sp³-hybridized carbons (Fsp3) is 0.692. The lowest BCUT2D eigenvalue weighted by atomic mass is 10.0. The van der Waals surface area contributed by atoms with E-state index < -0.39 is 0 Å². The maximum absolute atomic E-state index is 5.80. The molecule has 0 saturated carbocycles. The topological polar surface area (TPSA) is 56.3 Å². The van der Waals surface area contributed by atoms with Crippen LogP contribution in [-0.2, 0) is 4.74 Å². The third-order valence-corrected chi connectivity index (χ3v) is 3.59. The zero-order valence-corrected chi connectivity index (χ0v) is 12.8. The number of nitrogens with one attached hydrogen (secondary N) is 1. The third-order valence-electron chi connectivity index (χ3n) is 3.04. The van der Waals surface area contributed by atoms with Crippen LogP contribution in [0.25, 0.3) is 0 Å². The Hall–Kier alpha value is -0.880. The molecule has 2 heterocycles. The Labute approximate surface area is 122 Å². The van der Waals surface area contributed by atoms with Crippen molar-refractivity contribution in [3.05, 3.63) is 10.7 Å². The van der Waals surface area contributed by atoms with Crippen molar-refractivity contribution in [3.63, 3.8) is 0 Å². The summed E-state index contributed by atoms with van der Waals surface area (Å²) in [6.07, 6.45) is 4.88. The minimum absolute atomic E-state index is 0.558. The van der Waals surface area contributed by atoms with Gasteiger partial charge in [0.05, 0.1) is 17.3 Å². The molecule has 5 nitrogen and oxygen atoms in total. The van der Waals surface area contributed by atoms with Gasteiger partial charge in [-0.05, 0) is 41.1 Å². The van der Waals surface area contributed by atoms with Crippen LogP contribution in [0.2, 0.25) is 0 Å². The van der Waals surface area contributed by atoms with Crippen molar-refractivity contribution >= 4 is 21.9 Å². The molecule has 1 aromatic heterocycles. The van der Waals surface area contributed by atoms with E-state index in [0.29, 0.717) is 24.4 Å². The highest BCUT2D eigenvalue weighted by atomic mass is 79.9. The SMILES string of the molecule is CCCNc1ncc(Br)c(OCC2CCOCC2)n1. The van der Waals surface area contributed by atoms with Gasteiger partial charge in [-0.1, -0.05) is 6.92 Å². The number of halogens is 1. The summed E-state index contributed by atoms with van der Waals surface area (Å²) >= 11 is 3.42. The van der Waals surface area contributed by atoms with Crippen LogP contribution in [0.15, 0.2) is 10.7 Å². The van der Waals surface area contributed by atoms with Crippen LogP contribution in [-0.4, -0.2) is 36.3 Å². The van der Waals surface area contributed by atoms with Crippen LogP contribution >= 0.6 is 15.9 Å². The summed E-state index contributed by atoms with van der Waals surface area (Å²) in [5, 5.41) is 3.16. The summed E-state index contributed by atoms with van der Waals surface area (Å²) in [5.41, 5.74) is 0. The van der Waals surface area contributed by atoms with Gasteiger partial charge in [-0.2, -0.15) is 4.98 Å². The molecule has 19 heavy (non-hydrogen) atoms. The van der Waals surface area contributed by atoms with Gasteiger partial charge in [0.15, 0.2) is 0 Å². The lowest BCUT2D eigenvalue weighted by Crippen LogP contribution is -2.22. The smallest absolute Gasteiger partial charge is 0.232 e. The van der Waals surface area contributed by atoms with Crippen LogP contribution in [0.1, 0.15) is 26.2 Å². The van der Waals surface area contributed by atoms with Crippen molar-refractivity contribution in [2.24, 2.45) is 5.92 Å². The molecule has 106 valence electrons. The van der Waals surface area contributed by atoms with Gasteiger partial charge in [0.2, 0.25) is 11.8 Å². The maximum atomic E-state index is 5.80. The number of ether oxygens (including phenoxy) is 2. The van der Waals surface area contributed by atoms with Gasteiger partial charge in [-0.3, -0.25) is 0 Å². The number of rotatable bonds is 6. The van der Waals surface area contributed by atoms with Crippen LogP contribution in [0.3, 0.4) is 0 Å². The normalized spacial score (nSPS) is 16.3. The predicted octanol–water partition coefficient (Wildman–Crippen LogP) is 2.87. The molecule has 1 aliphatic rings.